The number of phenolic OH excluding ortho intramolecular Hbond substituents is 1. The van der Waals surface area contributed by atoms with Crippen LogP contribution in [0, 0.1) is 0 Å². The average Bonchev–Trinajstić information content (AvgIpc) is 2.28. The van der Waals surface area contributed by atoms with Gasteiger partial charge in [0, 0.05) is 0 Å². The number of benzene rings is 1. The van der Waals surface area contributed by atoms with E-state index in [4.69, 9.17) is 0 Å². The van der Waals surface area contributed by atoms with E-state index in [1.54, 1.807) is 18.2 Å². The van der Waals surface area contributed by atoms with Crippen molar-refractivity contribution in [1.82, 2.24) is 0 Å². The van der Waals surface area contributed by atoms with Crippen molar-refractivity contribution in [3.05, 3.63) is 54.0 Å². The summed E-state index contributed by atoms with van der Waals surface area (Å²) in [6.45, 7) is 7.38. The molecule has 0 unspecified atom stereocenters. The number of aldehydes is 1. The van der Waals surface area contributed by atoms with Crippen molar-refractivity contribution in [3.8, 4) is 5.75 Å². The molecule has 0 aliphatic carbocycles. The van der Waals surface area contributed by atoms with Crippen LogP contribution in [0.5, 0.6) is 5.75 Å². The molecule has 0 aromatic heterocycles. The number of allylic oxidation sites excluding steroid dienone is 2. The molecule has 0 aliphatic rings. The summed E-state index contributed by atoms with van der Waals surface area (Å²) in [5.74, 6) is 1.95. The number of carbonyl (C=O) groups is 1. The number of hydrogen-bond donors (Lipinski definition) is 1. The molecular formula is C13H13BO2. The first-order valence-electron chi connectivity index (χ1n) is 4.93. The van der Waals surface area contributed by atoms with Gasteiger partial charge >= 0.3 is 95.3 Å². The number of rotatable bonds is 4. The molecule has 1 N–H and O–H groups in total. The van der Waals surface area contributed by atoms with Crippen LogP contribution in [0.15, 0.2) is 42.9 Å². The molecule has 1 rings (SSSR count). The van der Waals surface area contributed by atoms with E-state index < -0.39 is 0 Å². The summed E-state index contributed by atoms with van der Waals surface area (Å²) in [7, 11) is 0. The van der Waals surface area contributed by atoms with Crippen LogP contribution in [-0.4, -0.2) is 23.8 Å². The van der Waals surface area contributed by atoms with Gasteiger partial charge in [-0.2, -0.15) is 0 Å². The molecule has 0 saturated heterocycles. The van der Waals surface area contributed by atoms with Gasteiger partial charge in [-0.1, -0.05) is 0 Å². The minimum atomic E-state index is 0.0973. The van der Waals surface area contributed by atoms with Gasteiger partial charge < -0.3 is 0 Å². The van der Waals surface area contributed by atoms with Crippen molar-refractivity contribution in [2.45, 2.75) is 6.92 Å². The van der Waals surface area contributed by atoms with Crippen molar-refractivity contribution < 1.29 is 9.90 Å². The topological polar surface area (TPSA) is 37.3 Å². The molecule has 0 saturated carbocycles. The number of hydrogen-bond acceptors (Lipinski definition) is 2. The monoisotopic (exact) mass is 212 g/mol. The Morgan fingerprint density at radius 1 is 1.44 bits per heavy atom. The molecule has 0 fully saturated rings. The fourth-order valence-corrected chi connectivity index (χ4v) is 1.31. The third-order valence-corrected chi connectivity index (χ3v) is 2.12. The second kappa shape index (κ2) is 5.86. The molecule has 2 nitrogen and oxygen atoms in total. The van der Waals surface area contributed by atoms with Crippen molar-refractivity contribution in [1.29, 1.82) is 0 Å². The third-order valence-electron chi connectivity index (χ3n) is 2.12. The molecule has 0 bridgehead atoms. The van der Waals surface area contributed by atoms with E-state index in [0.29, 0.717) is 5.56 Å². The number of aromatic hydroxyl groups is 1. The van der Waals surface area contributed by atoms with Crippen LogP contribution < -0.4 is 0 Å². The quantitative estimate of drug-likeness (QED) is 0.471. The summed E-state index contributed by atoms with van der Waals surface area (Å²) in [6, 6.07) is 4.80. The zero-order valence-corrected chi connectivity index (χ0v) is 9.18. The zero-order chi connectivity index (χ0) is 12.0. The van der Waals surface area contributed by atoms with Gasteiger partial charge in [0.15, 0.2) is 0 Å². The van der Waals surface area contributed by atoms with E-state index in [2.05, 4.69) is 6.58 Å². The normalized spacial score (nSPS) is 11.2. The molecule has 3 heteroatoms. The average molecular weight is 212 g/mol. The van der Waals surface area contributed by atoms with Crippen LogP contribution in [0.25, 0.3) is 0 Å². The van der Waals surface area contributed by atoms with Crippen molar-refractivity contribution in [2.75, 3.05) is 0 Å². The Morgan fingerprint density at radius 2 is 2.19 bits per heavy atom. The van der Waals surface area contributed by atoms with E-state index in [9.17, 15) is 9.90 Å². The van der Waals surface area contributed by atoms with Gasteiger partial charge in [0.05, 0.1) is 0 Å². The first-order valence-corrected chi connectivity index (χ1v) is 4.93. The predicted molar refractivity (Wildman–Crippen MR) is 68.4 cm³/mol. The molecule has 0 atom stereocenters. The summed E-state index contributed by atoms with van der Waals surface area (Å²) in [5, 5.41) is 9.43. The van der Waals surface area contributed by atoms with Gasteiger partial charge in [-0.25, -0.2) is 0 Å². The summed E-state index contributed by atoms with van der Waals surface area (Å²) < 4.78 is 0. The van der Waals surface area contributed by atoms with Gasteiger partial charge in [0.1, 0.15) is 0 Å². The molecule has 1 aromatic carbocycles. The summed E-state index contributed by atoms with van der Waals surface area (Å²) in [6.07, 6.45) is 4.21. The van der Waals surface area contributed by atoms with Crippen LogP contribution in [-0.2, 0) is 0 Å². The van der Waals surface area contributed by atoms with Crippen molar-refractivity contribution >= 4 is 18.7 Å². The Kier molecular flexibility index (Phi) is 4.46. The second-order valence-electron chi connectivity index (χ2n) is 3.40. The van der Waals surface area contributed by atoms with Gasteiger partial charge in [-0.15, -0.1) is 0 Å². The molecule has 0 spiro atoms. The SMILES string of the molecule is C=C/C=C\B=C(C)c1cc(O)cc(C=O)c1. The van der Waals surface area contributed by atoms with Gasteiger partial charge in [0.25, 0.3) is 0 Å². The van der Waals surface area contributed by atoms with Crippen LogP contribution in [0.4, 0.5) is 0 Å². The van der Waals surface area contributed by atoms with Crippen LogP contribution in [0.2, 0.25) is 0 Å². The Hall–Kier alpha value is -1.90. The molecule has 0 heterocycles. The van der Waals surface area contributed by atoms with Crippen LogP contribution in [0.3, 0.4) is 0 Å². The van der Waals surface area contributed by atoms with Gasteiger partial charge in [-0.3, -0.25) is 0 Å². The molecule has 0 radical (unpaired) electrons. The molecular weight excluding hydrogens is 199 g/mol. The Bertz CT molecular complexity index is 459. The second-order valence-corrected chi connectivity index (χ2v) is 3.40. The van der Waals surface area contributed by atoms with Crippen LogP contribution in [0.1, 0.15) is 22.8 Å². The summed E-state index contributed by atoms with van der Waals surface area (Å²) >= 11 is 0. The van der Waals surface area contributed by atoms with E-state index in [1.807, 2.05) is 25.9 Å². The van der Waals surface area contributed by atoms with E-state index >= 15 is 0 Å². The first-order chi connectivity index (χ1) is 7.67. The van der Waals surface area contributed by atoms with Gasteiger partial charge in [-0.05, 0) is 0 Å². The molecule has 80 valence electrons. The molecule has 0 aliphatic heterocycles. The number of phenols is 1. The summed E-state index contributed by atoms with van der Waals surface area (Å²) in [5.41, 5.74) is 2.27. The Labute approximate surface area is 95.8 Å². The Balaban J connectivity index is 3.07. The van der Waals surface area contributed by atoms with E-state index in [0.717, 1.165) is 17.3 Å². The maximum absolute atomic E-state index is 10.6. The van der Waals surface area contributed by atoms with E-state index in [1.165, 1.54) is 6.07 Å². The third kappa shape index (κ3) is 3.35. The molecule has 1 aromatic rings. The maximum atomic E-state index is 10.6. The van der Waals surface area contributed by atoms with E-state index in [-0.39, 0.29) is 5.75 Å². The predicted octanol–water partition coefficient (Wildman–Crippen LogP) is 2.15. The minimum absolute atomic E-state index is 0.0973. The standard InChI is InChI=1S/C13H13BO2/c1-3-4-5-14-10(2)12-6-11(9-15)7-13(16)8-12/h3-9,16H,1H2,2H3/b5-4-. The molecule has 0 amide bonds. The first kappa shape index (κ1) is 12.2. The Morgan fingerprint density at radius 3 is 2.81 bits per heavy atom. The fraction of sp³-hybridized carbons (Fsp3) is 0.0769. The molecule has 16 heavy (non-hydrogen) atoms. The fourth-order valence-electron chi connectivity index (χ4n) is 1.31. The zero-order valence-electron chi connectivity index (χ0n) is 9.18. The summed E-state index contributed by atoms with van der Waals surface area (Å²) in [4.78, 5) is 10.6. The van der Waals surface area contributed by atoms with Crippen LogP contribution >= 0.6 is 0 Å². The number of carbonyl (C=O) groups excluding carboxylic acids is 1. The van der Waals surface area contributed by atoms with Gasteiger partial charge in [0.2, 0.25) is 0 Å². The van der Waals surface area contributed by atoms with Crippen molar-refractivity contribution in [2.24, 2.45) is 0 Å². The van der Waals surface area contributed by atoms with Crippen molar-refractivity contribution in [3.63, 3.8) is 0 Å².